The Balaban J connectivity index is 1.64. The fraction of sp³-hybridized carbons (Fsp3) is 0.364. The van der Waals surface area contributed by atoms with Crippen LogP contribution in [0.4, 0.5) is 0 Å². The number of rotatable bonds is 7. The van der Waals surface area contributed by atoms with Crippen LogP contribution in [0.3, 0.4) is 0 Å². The summed E-state index contributed by atoms with van der Waals surface area (Å²) < 4.78 is 32.4. The van der Waals surface area contributed by atoms with E-state index in [9.17, 15) is 18.0 Å². The lowest BCUT2D eigenvalue weighted by molar-refractivity contribution is -0.120. The van der Waals surface area contributed by atoms with Crippen molar-refractivity contribution in [1.29, 1.82) is 0 Å². The Kier molecular flexibility index (Phi) is 6.82. The Morgan fingerprint density at radius 2 is 1.72 bits per heavy atom. The molecule has 0 bridgehead atoms. The van der Waals surface area contributed by atoms with Crippen molar-refractivity contribution in [3.8, 4) is 0 Å². The van der Waals surface area contributed by atoms with E-state index >= 15 is 0 Å². The lowest BCUT2D eigenvalue weighted by atomic mass is 9.91. The average molecular weight is 416 g/mol. The highest BCUT2D eigenvalue weighted by atomic mass is 32.2. The Bertz CT molecular complexity index is 964. The summed E-state index contributed by atoms with van der Waals surface area (Å²) in [7, 11) is -3.69. The Labute approximate surface area is 171 Å². The normalized spacial score (nSPS) is 15.8. The Morgan fingerprint density at radius 3 is 2.38 bits per heavy atom. The van der Waals surface area contributed by atoms with Crippen molar-refractivity contribution in [2.45, 2.75) is 31.1 Å². The first-order valence-corrected chi connectivity index (χ1v) is 11.1. The maximum atomic E-state index is 13.0. The molecular formula is C22H25NO5S. The highest BCUT2D eigenvalue weighted by Crippen LogP contribution is 2.26. The van der Waals surface area contributed by atoms with Gasteiger partial charge in [0.2, 0.25) is 10.0 Å². The molecule has 3 rings (SSSR count). The standard InChI is InChI=1S/C22H25NO5S/c1-17(24)16-28-22(25)20-8-5-9-21(15-20)29(26,27)23-12-10-19(11-13-23)14-18-6-3-2-4-7-18/h2-9,15,19H,10-14,16H2,1H3. The second-order valence-electron chi connectivity index (χ2n) is 7.34. The van der Waals surface area contributed by atoms with E-state index in [1.165, 1.54) is 41.1 Å². The number of ketones is 1. The molecule has 0 spiro atoms. The predicted molar refractivity (Wildman–Crippen MR) is 109 cm³/mol. The van der Waals surface area contributed by atoms with Gasteiger partial charge in [0.1, 0.15) is 6.61 Å². The van der Waals surface area contributed by atoms with Gasteiger partial charge in [-0.1, -0.05) is 36.4 Å². The second kappa shape index (κ2) is 9.33. The minimum atomic E-state index is -3.69. The van der Waals surface area contributed by atoms with Crippen LogP contribution in [0.15, 0.2) is 59.5 Å². The van der Waals surface area contributed by atoms with E-state index in [4.69, 9.17) is 4.74 Å². The summed E-state index contributed by atoms with van der Waals surface area (Å²) in [5.74, 6) is -0.531. The topological polar surface area (TPSA) is 80.8 Å². The summed E-state index contributed by atoms with van der Waals surface area (Å²) in [6.45, 7) is 1.90. The van der Waals surface area contributed by atoms with Crippen molar-refractivity contribution in [2.75, 3.05) is 19.7 Å². The number of hydrogen-bond acceptors (Lipinski definition) is 5. The smallest absolute Gasteiger partial charge is 0.338 e. The maximum absolute atomic E-state index is 13.0. The minimum Gasteiger partial charge on any atom is -0.454 e. The number of carbonyl (C=O) groups is 2. The quantitative estimate of drug-likeness (QED) is 0.649. The van der Waals surface area contributed by atoms with Crippen LogP contribution in [0, 0.1) is 5.92 Å². The van der Waals surface area contributed by atoms with Gasteiger partial charge in [-0.2, -0.15) is 4.31 Å². The molecular weight excluding hydrogens is 390 g/mol. The number of ether oxygens (including phenoxy) is 1. The highest BCUT2D eigenvalue weighted by Gasteiger charge is 2.30. The first kappa shape index (κ1) is 21.2. The van der Waals surface area contributed by atoms with Gasteiger partial charge in [-0.25, -0.2) is 13.2 Å². The van der Waals surface area contributed by atoms with Gasteiger partial charge < -0.3 is 4.74 Å². The number of benzene rings is 2. The third-order valence-corrected chi connectivity index (χ3v) is 6.95. The van der Waals surface area contributed by atoms with Gasteiger partial charge in [0.05, 0.1) is 10.5 Å². The third-order valence-electron chi connectivity index (χ3n) is 5.05. The molecule has 1 fully saturated rings. The van der Waals surface area contributed by atoms with E-state index in [0.29, 0.717) is 19.0 Å². The largest absolute Gasteiger partial charge is 0.454 e. The van der Waals surface area contributed by atoms with Gasteiger partial charge >= 0.3 is 5.97 Å². The number of carbonyl (C=O) groups excluding carboxylic acids is 2. The molecule has 0 radical (unpaired) electrons. The van der Waals surface area contributed by atoms with Crippen LogP contribution in [0.5, 0.6) is 0 Å². The van der Waals surface area contributed by atoms with Crippen molar-refractivity contribution < 1.29 is 22.7 Å². The molecule has 0 aliphatic carbocycles. The SMILES string of the molecule is CC(=O)COC(=O)c1cccc(S(=O)(=O)N2CCC(Cc3ccccc3)CC2)c1. The summed E-state index contributed by atoms with van der Waals surface area (Å²) in [6, 6.07) is 16.0. The van der Waals surface area contributed by atoms with Crippen LogP contribution >= 0.6 is 0 Å². The summed E-state index contributed by atoms with van der Waals surface area (Å²) in [6.07, 6.45) is 2.55. The molecule has 0 unspecified atom stereocenters. The molecule has 0 saturated carbocycles. The van der Waals surface area contributed by atoms with Crippen LogP contribution in [0.1, 0.15) is 35.7 Å². The fourth-order valence-electron chi connectivity index (χ4n) is 3.48. The molecule has 2 aromatic carbocycles. The number of hydrogen-bond donors (Lipinski definition) is 0. The van der Waals surface area contributed by atoms with Crippen LogP contribution in [-0.4, -0.2) is 44.2 Å². The zero-order valence-corrected chi connectivity index (χ0v) is 17.2. The van der Waals surface area contributed by atoms with E-state index in [0.717, 1.165) is 19.3 Å². The first-order chi connectivity index (χ1) is 13.9. The molecule has 7 heteroatoms. The zero-order valence-electron chi connectivity index (χ0n) is 16.4. The minimum absolute atomic E-state index is 0.0660. The second-order valence-corrected chi connectivity index (χ2v) is 9.28. The monoisotopic (exact) mass is 415 g/mol. The molecule has 1 aliphatic rings. The molecule has 0 N–H and O–H groups in total. The van der Waals surface area contributed by atoms with Gasteiger partial charge in [0.15, 0.2) is 5.78 Å². The Hall–Kier alpha value is -2.51. The molecule has 0 amide bonds. The van der Waals surface area contributed by atoms with Gasteiger partial charge in [-0.05, 0) is 55.9 Å². The van der Waals surface area contributed by atoms with Gasteiger partial charge in [0.25, 0.3) is 0 Å². The van der Waals surface area contributed by atoms with Crippen LogP contribution < -0.4 is 0 Å². The zero-order chi connectivity index (χ0) is 20.9. The van der Waals surface area contributed by atoms with Crippen molar-refractivity contribution >= 4 is 21.8 Å². The van der Waals surface area contributed by atoms with E-state index in [2.05, 4.69) is 12.1 Å². The van der Waals surface area contributed by atoms with Crippen LogP contribution in [0.25, 0.3) is 0 Å². The lowest BCUT2D eigenvalue weighted by Gasteiger charge is -2.31. The van der Waals surface area contributed by atoms with Crippen molar-refractivity contribution in [2.24, 2.45) is 5.92 Å². The molecule has 1 heterocycles. The summed E-state index contributed by atoms with van der Waals surface area (Å²) in [4.78, 5) is 23.1. The van der Waals surface area contributed by atoms with Crippen molar-refractivity contribution in [1.82, 2.24) is 4.31 Å². The molecule has 1 aliphatic heterocycles. The Morgan fingerprint density at radius 1 is 1.03 bits per heavy atom. The predicted octanol–water partition coefficient (Wildman–Crippen LogP) is 3.08. The molecule has 6 nitrogen and oxygen atoms in total. The molecule has 0 aromatic heterocycles. The fourth-order valence-corrected chi connectivity index (χ4v) is 5.00. The van der Waals surface area contributed by atoms with Crippen LogP contribution in [-0.2, 0) is 26.0 Å². The molecule has 0 atom stereocenters. The van der Waals surface area contributed by atoms with Gasteiger partial charge in [-0.15, -0.1) is 0 Å². The van der Waals surface area contributed by atoms with Crippen molar-refractivity contribution in [3.63, 3.8) is 0 Å². The molecule has 1 saturated heterocycles. The average Bonchev–Trinajstić information content (AvgIpc) is 2.73. The number of nitrogens with zero attached hydrogens (tertiary/aromatic N) is 1. The first-order valence-electron chi connectivity index (χ1n) is 9.67. The maximum Gasteiger partial charge on any atom is 0.338 e. The van der Waals surface area contributed by atoms with E-state index in [-0.39, 0.29) is 22.8 Å². The van der Waals surface area contributed by atoms with Crippen LogP contribution in [0.2, 0.25) is 0 Å². The summed E-state index contributed by atoms with van der Waals surface area (Å²) >= 11 is 0. The van der Waals surface area contributed by atoms with E-state index < -0.39 is 16.0 Å². The number of Topliss-reactive ketones (excluding diaryl/α,β-unsaturated/α-hetero) is 1. The van der Waals surface area contributed by atoms with Crippen molar-refractivity contribution in [3.05, 3.63) is 65.7 Å². The lowest BCUT2D eigenvalue weighted by Crippen LogP contribution is -2.38. The molecule has 29 heavy (non-hydrogen) atoms. The van der Waals surface area contributed by atoms with Gasteiger partial charge in [-0.3, -0.25) is 4.79 Å². The van der Waals surface area contributed by atoms with E-state index in [1.807, 2.05) is 18.2 Å². The summed E-state index contributed by atoms with van der Waals surface area (Å²) in [5.41, 5.74) is 1.39. The number of sulfonamides is 1. The number of piperidine rings is 1. The summed E-state index contributed by atoms with van der Waals surface area (Å²) in [5, 5.41) is 0. The van der Waals surface area contributed by atoms with Gasteiger partial charge in [0, 0.05) is 13.1 Å². The third kappa shape index (κ3) is 5.52. The number of esters is 1. The van der Waals surface area contributed by atoms with E-state index in [1.54, 1.807) is 0 Å². The molecule has 2 aromatic rings. The highest BCUT2D eigenvalue weighted by molar-refractivity contribution is 7.89. The molecule has 154 valence electrons.